The van der Waals surface area contributed by atoms with E-state index in [0.29, 0.717) is 12.1 Å². The second-order valence-corrected chi connectivity index (χ2v) is 9.45. The fourth-order valence-electron chi connectivity index (χ4n) is 5.06. The number of fused-ring (bicyclic) bond motifs is 2. The predicted octanol–water partition coefficient (Wildman–Crippen LogP) is 5.89. The molecule has 2 heterocycles. The summed E-state index contributed by atoms with van der Waals surface area (Å²) < 4.78 is 8.92. The molecule has 0 aliphatic heterocycles. The summed E-state index contributed by atoms with van der Waals surface area (Å²) in [5.74, 6) is 0.452. The number of ether oxygens (including phenoxy) is 1. The third kappa shape index (κ3) is 4.70. The summed E-state index contributed by atoms with van der Waals surface area (Å²) in [5.41, 5.74) is 6.13. The topological polar surface area (TPSA) is 79.0 Å². The Hall–Kier alpha value is -3.74. The molecule has 0 radical (unpaired) electrons. The Morgan fingerprint density at radius 2 is 1.86 bits per heavy atom. The van der Waals surface area contributed by atoms with Gasteiger partial charge in [-0.3, -0.25) is 4.79 Å². The molecule has 0 fully saturated rings. The van der Waals surface area contributed by atoms with Gasteiger partial charge in [0.1, 0.15) is 5.82 Å². The SMILES string of the molecule is CCCCn1c(-c2ccc3c(c2)ncc(=O)n3CCC2=CCCCC2)nc2cc(C(=O)OC)ccc21. The number of methoxy groups -OCH3 is 1. The van der Waals surface area contributed by atoms with Crippen molar-refractivity contribution < 1.29 is 9.53 Å². The maximum absolute atomic E-state index is 12.7. The van der Waals surface area contributed by atoms with E-state index in [1.54, 1.807) is 12.1 Å². The van der Waals surface area contributed by atoms with Crippen LogP contribution in [0.5, 0.6) is 0 Å². The first-order valence-electron chi connectivity index (χ1n) is 12.9. The Morgan fingerprint density at radius 3 is 2.64 bits per heavy atom. The van der Waals surface area contributed by atoms with Gasteiger partial charge in [-0.2, -0.15) is 0 Å². The number of imidazole rings is 1. The minimum absolute atomic E-state index is 0.0721. The molecule has 0 bridgehead atoms. The summed E-state index contributed by atoms with van der Waals surface area (Å²) >= 11 is 0. The van der Waals surface area contributed by atoms with Crippen LogP contribution in [-0.2, 0) is 17.8 Å². The number of esters is 1. The van der Waals surface area contributed by atoms with Crippen molar-refractivity contribution in [2.45, 2.75) is 65.0 Å². The zero-order valence-electron chi connectivity index (χ0n) is 21.0. The summed E-state index contributed by atoms with van der Waals surface area (Å²) in [7, 11) is 1.38. The van der Waals surface area contributed by atoms with Gasteiger partial charge < -0.3 is 13.9 Å². The average molecular weight is 485 g/mol. The molecule has 5 rings (SSSR count). The van der Waals surface area contributed by atoms with Gasteiger partial charge in [0, 0.05) is 18.7 Å². The van der Waals surface area contributed by atoms with Crippen molar-refractivity contribution in [1.82, 2.24) is 19.1 Å². The number of unbranched alkanes of at least 4 members (excludes halogenated alkanes) is 1. The van der Waals surface area contributed by atoms with E-state index < -0.39 is 0 Å². The number of aromatic nitrogens is 4. The van der Waals surface area contributed by atoms with E-state index in [1.165, 1.54) is 31.7 Å². The number of hydrogen-bond acceptors (Lipinski definition) is 5. The second-order valence-electron chi connectivity index (χ2n) is 9.45. The van der Waals surface area contributed by atoms with Crippen molar-refractivity contribution in [1.29, 1.82) is 0 Å². The van der Waals surface area contributed by atoms with Gasteiger partial charge in [-0.15, -0.1) is 0 Å². The molecule has 0 N–H and O–H groups in total. The van der Waals surface area contributed by atoms with Crippen molar-refractivity contribution >= 4 is 28.0 Å². The molecule has 1 aliphatic carbocycles. The highest BCUT2D eigenvalue weighted by atomic mass is 16.5. The van der Waals surface area contributed by atoms with E-state index in [1.807, 2.05) is 28.8 Å². The summed E-state index contributed by atoms with van der Waals surface area (Å²) in [5, 5.41) is 0. The van der Waals surface area contributed by atoms with Crippen molar-refractivity contribution in [3.63, 3.8) is 0 Å². The van der Waals surface area contributed by atoms with Gasteiger partial charge in [-0.05, 0) is 74.9 Å². The maximum Gasteiger partial charge on any atom is 0.337 e. The third-order valence-electron chi connectivity index (χ3n) is 7.05. The Balaban J connectivity index is 1.55. The van der Waals surface area contributed by atoms with Crippen LogP contribution in [0.2, 0.25) is 0 Å². The van der Waals surface area contributed by atoms with E-state index >= 15 is 0 Å². The van der Waals surface area contributed by atoms with Crippen LogP contribution in [0.4, 0.5) is 0 Å². The van der Waals surface area contributed by atoms with Crippen molar-refractivity contribution in [3.8, 4) is 11.4 Å². The van der Waals surface area contributed by atoms with Gasteiger partial charge in [0.05, 0.1) is 40.9 Å². The highest BCUT2D eigenvalue weighted by Crippen LogP contribution is 2.29. The zero-order valence-corrected chi connectivity index (χ0v) is 21.0. The first-order chi connectivity index (χ1) is 17.6. The number of nitrogens with zero attached hydrogens (tertiary/aromatic N) is 4. The summed E-state index contributed by atoms with van der Waals surface area (Å²) in [6.07, 6.45) is 11.5. The zero-order chi connectivity index (χ0) is 25.1. The number of benzene rings is 2. The lowest BCUT2D eigenvalue weighted by Gasteiger charge is -2.15. The fraction of sp³-hybridized carbons (Fsp3) is 0.379. The molecule has 1 aliphatic rings. The van der Waals surface area contributed by atoms with Crippen LogP contribution >= 0.6 is 0 Å². The molecule has 0 spiro atoms. The molecule has 4 aromatic rings. The molecule has 36 heavy (non-hydrogen) atoms. The van der Waals surface area contributed by atoms with Crippen LogP contribution in [-0.4, -0.2) is 32.2 Å². The Bertz CT molecular complexity index is 1510. The molecule has 0 saturated heterocycles. The van der Waals surface area contributed by atoms with Crippen LogP contribution in [0.25, 0.3) is 33.5 Å². The maximum atomic E-state index is 12.7. The van der Waals surface area contributed by atoms with Gasteiger partial charge in [-0.1, -0.05) is 25.0 Å². The van der Waals surface area contributed by atoms with Gasteiger partial charge in [0.2, 0.25) is 0 Å². The standard InChI is InChI=1S/C29H32N4O3/c1-3-4-15-33-26-13-11-22(29(35)36-2)18-24(26)31-28(33)21-10-12-25-23(17-21)30-19-27(34)32(25)16-14-20-8-6-5-7-9-20/h8,10-13,17-19H,3-7,9,14-16H2,1-2H3. The van der Waals surface area contributed by atoms with Gasteiger partial charge in [-0.25, -0.2) is 14.8 Å². The molecular weight excluding hydrogens is 452 g/mol. The predicted molar refractivity (Wildman–Crippen MR) is 142 cm³/mol. The van der Waals surface area contributed by atoms with Crippen LogP contribution in [0.15, 0.2) is 59.0 Å². The van der Waals surface area contributed by atoms with Gasteiger partial charge in [0.15, 0.2) is 0 Å². The molecule has 0 amide bonds. The Morgan fingerprint density at radius 1 is 1.03 bits per heavy atom. The van der Waals surface area contributed by atoms with Crippen LogP contribution in [0, 0.1) is 0 Å². The number of aryl methyl sites for hydroxylation is 2. The molecule has 0 saturated carbocycles. The van der Waals surface area contributed by atoms with Gasteiger partial charge in [0.25, 0.3) is 5.56 Å². The second kappa shape index (κ2) is 10.5. The van der Waals surface area contributed by atoms with Crippen molar-refractivity contribution in [2.24, 2.45) is 0 Å². The average Bonchev–Trinajstić information content (AvgIpc) is 3.28. The molecule has 2 aromatic carbocycles. The molecule has 186 valence electrons. The quantitative estimate of drug-likeness (QED) is 0.230. The lowest BCUT2D eigenvalue weighted by Crippen LogP contribution is -2.21. The molecule has 2 aromatic heterocycles. The first-order valence-corrected chi connectivity index (χ1v) is 12.9. The van der Waals surface area contributed by atoms with Crippen molar-refractivity contribution in [2.75, 3.05) is 7.11 Å². The number of hydrogen-bond donors (Lipinski definition) is 0. The lowest BCUT2D eigenvalue weighted by molar-refractivity contribution is 0.0601. The Labute approximate surface area is 210 Å². The molecular formula is C29H32N4O3. The van der Waals surface area contributed by atoms with Crippen molar-refractivity contribution in [3.05, 3.63) is 70.2 Å². The minimum atomic E-state index is -0.376. The monoisotopic (exact) mass is 484 g/mol. The largest absolute Gasteiger partial charge is 0.465 e. The molecule has 0 atom stereocenters. The van der Waals surface area contributed by atoms with E-state index in [4.69, 9.17) is 9.72 Å². The van der Waals surface area contributed by atoms with E-state index in [0.717, 1.165) is 72.1 Å². The highest BCUT2D eigenvalue weighted by Gasteiger charge is 2.16. The number of rotatable bonds is 8. The van der Waals surface area contributed by atoms with Crippen LogP contribution < -0.4 is 5.56 Å². The van der Waals surface area contributed by atoms with Crippen LogP contribution in [0.3, 0.4) is 0 Å². The number of carbonyl (C=O) groups is 1. The van der Waals surface area contributed by atoms with Gasteiger partial charge >= 0.3 is 5.97 Å². The molecule has 7 heteroatoms. The Kier molecular flexibility index (Phi) is 6.98. The summed E-state index contributed by atoms with van der Waals surface area (Å²) in [6.45, 7) is 3.64. The normalized spacial score (nSPS) is 13.8. The lowest BCUT2D eigenvalue weighted by atomic mass is 9.97. The number of carbonyl (C=O) groups excluding carboxylic acids is 1. The molecule has 7 nitrogen and oxygen atoms in total. The summed E-state index contributed by atoms with van der Waals surface area (Å²) in [4.78, 5) is 34.1. The smallest absolute Gasteiger partial charge is 0.337 e. The van der Waals surface area contributed by atoms with E-state index in [2.05, 4.69) is 22.6 Å². The number of allylic oxidation sites excluding steroid dienone is 2. The minimum Gasteiger partial charge on any atom is -0.465 e. The highest BCUT2D eigenvalue weighted by molar-refractivity contribution is 5.94. The third-order valence-corrected chi connectivity index (χ3v) is 7.05. The fourth-order valence-corrected chi connectivity index (χ4v) is 5.06. The summed E-state index contributed by atoms with van der Waals surface area (Å²) in [6, 6.07) is 11.5. The van der Waals surface area contributed by atoms with E-state index in [-0.39, 0.29) is 11.5 Å². The van der Waals surface area contributed by atoms with Crippen LogP contribution in [0.1, 0.15) is 62.2 Å². The first kappa shape index (κ1) is 24.0. The molecule has 0 unspecified atom stereocenters. The van der Waals surface area contributed by atoms with E-state index in [9.17, 15) is 9.59 Å².